The summed E-state index contributed by atoms with van der Waals surface area (Å²) in [4.78, 5) is 11.9. The van der Waals surface area contributed by atoms with Crippen molar-refractivity contribution in [2.45, 2.75) is 58.8 Å². The second kappa shape index (κ2) is 7.72. The maximum absolute atomic E-state index is 11.9. The van der Waals surface area contributed by atoms with Crippen molar-refractivity contribution in [1.82, 2.24) is 9.78 Å². The van der Waals surface area contributed by atoms with Gasteiger partial charge in [-0.15, -0.1) is 0 Å². The standard InChI is InChI=1S/C14H23BrN2O/c1-4-5-6-7-8-9-12(18)10-13-14(15)11(2)16-17(13)3/h4-10H2,1-3H3. The van der Waals surface area contributed by atoms with Crippen molar-refractivity contribution in [3.05, 3.63) is 15.9 Å². The minimum absolute atomic E-state index is 0.315. The fraction of sp³-hybridized carbons (Fsp3) is 0.714. The Morgan fingerprint density at radius 2 is 1.94 bits per heavy atom. The number of nitrogens with zero attached hydrogens (tertiary/aromatic N) is 2. The molecule has 18 heavy (non-hydrogen) atoms. The number of unbranched alkanes of at least 4 members (excludes halogenated alkanes) is 4. The third-order valence-corrected chi connectivity index (χ3v) is 4.22. The van der Waals surface area contributed by atoms with Gasteiger partial charge in [0.2, 0.25) is 0 Å². The van der Waals surface area contributed by atoms with Gasteiger partial charge in [0.1, 0.15) is 5.78 Å². The molecule has 0 aromatic carbocycles. The minimum atomic E-state index is 0.315. The smallest absolute Gasteiger partial charge is 0.138 e. The molecule has 0 aliphatic rings. The number of hydrogen-bond acceptors (Lipinski definition) is 2. The monoisotopic (exact) mass is 314 g/mol. The van der Waals surface area contributed by atoms with Crippen LogP contribution < -0.4 is 0 Å². The average molecular weight is 315 g/mol. The molecule has 0 N–H and O–H groups in total. The van der Waals surface area contributed by atoms with Gasteiger partial charge < -0.3 is 0 Å². The number of carbonyl (C=O) groups is 1. The molecule has 0 fully saturated rings. The molecule has 102 valence electrons. The largest absolute Gasteiger partial charge is 0.299 e. The van der Waals surface area contributed by atoms with Crippen LogP contribution in [-0.4, -0.2) is 15.6 Å². The summed E-state index contributed by atoms with van der Waals surface area (Å²) < 4.78 is 2.78. The third-order valence-electron chi connectivity index (χ3n) is 3.19. The van der Waals surface area contributed by atoms with E-state index < -0.39 is 0 Å². The highest BCUT2D eigenvalue weighted by Crippen LogP contribution is 2.21. The van der Waals surface area contributed by atoms with Gasteiger partial charge >= 0.3 is 0 Å². The van der Waals surface area contributed by atoms with Gasteiger partial charge in [-0.25, -0.2) is 0 Å². The highest BCUT2D eigenvalue weighted by Gasteiger charge is 2.13. The Hall–Kier alpha value is -0.640. The number of rotatable bonds is 8. The number of aromatic nitrogens is 2. The number of carbonyl (C=O) groups excluding carboxylic acids is 1. The quantitative estimate of drug-likeness (QED) is 0.681. The first-order valence-electron chi connectivity index (χ1n) is 6.76. The molecule has 0 bridgehead atoms. The third kappa shape index (κ3) is 4.56. The van der Waals surface area contributed by atoms with Gasteiger partial charge in [-0.05, 0) is 29.3 Å². The molecule has 0 saturated heterocycles. The van der Waals surface area contributed by atoms with E-state index in [9.17, 15) is 4.79 Å². The van der Waals surface area contributed by atoms with Crippen LogP contribution in [0.3, 0.4) is 0 Å². The van der Waals surface area contributed by atoms with Gasteiger partial charge in [-0.2, -0.15) is 5.10 Å². The van der Waals surface area contributed by atoms with Crippen molar-refractivity contribution in [2.75, 3.05) is 0 Å². The van der Waals surface area contributed by atoms with E-state index in [2.05, 4.69) is 28.0 Å². The topological polar surface area (TPSA) is 34.9 Å². The van der Waals surface area contributed by atoms with Crippen LogP contribution in [0.1, 0.15) is 56.8 Å². The summed E-state index contributed by atoms with van der Waals surface area (Å²) in [7, 11) is 1.89. The zero-order valence-corrected chi connectivity index (χ0v) is 13.2. The summed E-state index contributed by atoms with van der Waals surface area (Å²) in [5, 5.41) is 4.30. The number of Topliss-reactive ketones (excluding diaryl/α,β-unsaturated/α-hetero) is 1. The predicted molar refractivity (Wildman–Crippen MR) is 77.7 cm³/mol. The Labute approximate surface area is 118 Å². The molecule has 0 saturated carbocycles. The van der Waals surface area contributed by atoms with Gasteiger partial charge in [-0.3, -0.25) is 9.48 Å². The van der Waals surface area contributed by atoms with E-state index in [-0.39, 0.29) is 0 Å². The maximum Gasteiger partial charge on any atom is 0.138 e. The van der Waals surface area contributed by atoms with Crippen molar-refractivity contribution in [3.63, 3.8) is 0 Å². The molecule has 0 amide bonds. The Bertz CT molecular complexity index is 399. The van der Waals surface area contributed by atoms with Crippen molar-refractivity contribution >= 4 is 21.7 Å². The Kier molecular flexibility index (Phi) is 6.61. The van der Waals surface area contributed by atoms with Crippen molar-refractivity contribution in [2.24, 2.45) is 7.05 Å². The lowest BCUT2D eigenvalue weighted by atomic mass is 10.1. The van der Waals surface area contributed by atoms with Crippen molar-refractivity contribution in [1.29, 1.82) is 0 Å². The lowest BCUT2D eigenvalue weighted by molar-refractivity contribution is -0.118. The Balaban J connectivity index is 2.36. The summed E-state index contributed by atoms with van der Waals surface area (Å²) >= 11 is 3.50. The molecule has 1 aromatic heterocycles. The normalized spacial score (nSPS) is 10.9. The lowest BCUT2D eigenvalue weighted by Gasteiger charge is -2.03. The molecule has 1 aromatic rings. The first kappa shape index (κ1) is 15.4. The van der Waals surface area contributed by atoms with E-state index in [1.807, 2.05) is 14.0 Å². The van der Waals surface area contributed by atoms with Crippen LogP contribution in [0.4, 0.5) is 0 Å². The number of hydrogen-bond donors (Lipinski definition) is 0. The second-order valence-corrected chi connectivity index (χ2v) is 5.64. The molecule has 0 aliphatic heterocycles. The van der Waals surface area contributed by atoms with Gasteiger partial charge in [0.05, 0.1) is 15.9 Å². The zero-order valence-electron chi connectivity index (χ0n) is 11.6. The Morgan fingerprint density at radius 3 is 2.50 bits per heavy atom. The molecule has 1 heterocycles. The predicted octanol–water partition coefficient (Wildman–Crippen LogP) is 3.96. The van der Waals surface area contributed by atoms with Gasteiger partial charge in [0, 0.05) is 19.9 Å². The maximum atomic E-state index is 11.9. The van der Waals surface area contributed by atoms with Gasteiger partial charge in [-0.1, -0.05) is 32.6 Å². The lowest BCUT2D eigenvalue weighted by Crippen LogP contribution is -2.07. The van der Waals surface area contributed by atoms with Crippen molar-refractivity contribution < 1.29 is 4.79 Å². The van der Waals surface area contributed by atoms with Crippen LogP contribution in [0, 0.1) is 6.92 Å². The van der Waals surface area contributed by atoms with E-state index in [1.54, 1.807) is 4.68 Å². The molecule has 4 heteroatoms. The summed E-state index contributed by atoms with van der Waals surface area (Å²) in [6.45, 7) is 4.15. The molecular formula is C14H23BrN2O. The fourth-order valence-corrected chi connectivity index (χ4v) is 2.55. The molecular weight excluding hydrogens is 292 g/mol. The van der Waals surface area contributed by atoms with E-state index >= 15 is 0 Å². The number of ketones is 1. The highest BCUT2D eigenvalue weighted by molar-refractivity contribution is 9.10. The first-order chi connectivity index (χ1) is 8.56. The summed E-state index contributed by atoms with van der Waals surface area (Å²) in [5.74, 6) is 0.315. The van der Waals surface area contributed by atoms with Crippen molar-refractivity contribution in [3.8, 4) is 0 Å². The zero-order chi connectivity index (χ0) is 13.5. The van der Waals surface area contributed by atoms with Crippen LogP contribution in [-0.2, 0) is 18.3 Å². The summed E-state index contributed by atoms with van der Waals surface area (Å²) in [6.07, 6.45) is 7.15. The Morgan fingerprint density at radius 1 is 1.28 bits per heavy atom. The van der Waals surface area contributed by atoms with E-state index in [1.165, 1.54) is 25.7 Å². The van der Waals surface area contributed by atoms with Crippen LogP contribution in [0.2, 0.25) is 0 Å². The molecule has 0 radical (unpaired) electrons. The van der Waals surface area contributed by atoms with E-state index in [0.717, 1.165) is 22.3 Å². The minimum Gasteiger partial charge on any atom is -0.299 e. The number of halogens is 1. The fourth-order valence-electron chi connectivity index (χ4n) is 2.07. The number of aryl methyl sites for hydroxylation is 2. The molecule has 0 aliphatic carbocycles. The van der Waals surface area contributed by atoms with E-state index in [0.29, 0.717) is 18.6 Å². The van der Waals surface area contributed by atoms with Gasteiger partial charge in [0.15, 0.2) is 0 Å². The average Bonchev–Trinajstić information content (AvgIpc) is 2.56. The van der Waals surface area contributed by atoms with Crippen LogP contribution in [0.15, 0.2) is 4.47 Å². The summed E-state index contributed by atoms with van der Waals surface area (Å²) in [6, 6.07) is 0. The van der Waals surface area contributed by atoms with E-state index in [4.69, 9.17) is 0 Å². The van der Waals surface area contributed by atoms with Crippen LogP contribution >= 0.6 is 15.9 Å². The van der Waals surface area contributed by atoms with Crippen LogP contribution in [0.25, 0.3) is 0 Å². The highest BCUT2D eigenvalue weighted by atomic mass is 79.9. The first-order valence-corrected chi connectivity index (χ1v) is 7.55. The van der Waals surface area contributed by atoms with Crippen LogP contribution in [0.5, 0.6) is 0 Å². The summed E-state index contributed by atoms with van der Waals surface area (Å²) in [5.41, 5.74) is 1.94. The SMILES string of the molecule is CCCCCCCC(=O)Cc1c(Br)c(C)nn1C. The molecule has 0 unspecified atom stereocenters. The van der Waals surface area contributed by atoms with Gasteiger partial charge in [0.25, 0.3) is 0 Å². The molecule has 0 atom stereocenters. The molecule has 3 nitrogen and oxygen atoms in total. The molecule has 1 rings (SSSR count). The second-order valence-electron chi connectivity index (χ2n) is 4.85. The molecule has 0 spiro atoms.